The number of sulfonamides is 1. The molecule has 1 heterocycles. The second-order valence-electron chi connectivity index (χ2n) is 6.51. The summed E-state index contributed by atoms with van der Waals surface area (Å²) in [6, 6.07) is 6.92. The highest BCUT2D eigenvalue weighted by molar-refractivity contribution is 7.89. The molecule has 1 N–H and O–H groups in total. The molecule has 0 spiro atoms. The molecular formula is C19H19ClF2N2O3S. The number of halogens is 3. The first-order chi connectivity index (χ1) is 13.3. The van der Waals surface area contributed by atoms with Crippen molar-refractivity contribution in [2.24, 2.45) is 0 Å². The molecule has 0 aliphatic carbocycles. The Bertz CT molecular complexity index is 970. The Morgan fingerprint density at radius 1 is 1.00 bits per heavy atom. The van der Waals surface area contributed by atoms with Crippen LogP contribution in [-0.4, -0.2) is 31.7 Å². The van der Waals surface area contributed by atoms with E-state index in [4.69, 9.17) is 11.6 Å². The maximum Gasteiger partial charge on any atom is 0.257 e. The average Bonchev–Trinajstić information content (AvgIpc) is 2.95. The van der Waals surface area contributed by atoms with E-state index in [0.717, 1.165) is 43.9 Å². The van der Waals surface area contributed by atoms with Gasteiger partial charge in [0.25, 0.3) is 5.91 Å². The number of amides is 1. The van der Waals surface area contributed by atoms with Gasteiger partial charge in [-0.15, -0.1) is 0 Å². The number of anilines is 1. The molecule has 1 amide bonds. The topological polar surface area (TPSA) is 66.5 Å². The number of para-hydroxylation sites is 1. The minimum atomic E-state index is -3.80. The highest BCUT2D eigenvalue weighted by Crippen LogP contribution is 2.26. The van der Waals surface area contributed by atoms with Crippen LogP contribution in [0.25, 0.3) is 0 Å². The lowest BCUT2D eigenvalue weighted by molar-refractivity contribution is 0.102. The molecule has 0 unspecified atom stereocenters. The summed E-state index contributed by atoms with van der Waals surface area (Å²) in [6.45, 7) is 0.819. The van der Waals surface area contributed by atoms with Crippen molar-refractivity contribution in [3.05, 3.63) is 58.6 Å². The number of nitrogens with zero attached hydrogens (tertiary/aromatic N) is 1. The number of carbonyl (C=O) groups is 1. The van der Waals surface area contributed by atoms with E-state index in [1.807, 2.05) is 0 Å². The summed E-state index contributed by atoms with van der Waals surface area (Å²) in [5.74, 6) is -2.79. The first kappa shape index (κ1) is 20.7. The Hall–Kier alpha value is -2.03. The van der Waals surface area contributed by atoms with Crippen molar-refractivity contribution in [1.82, 2.24) is 4.31 Å². The van der Waals surface area contributed by atoms with Crippen molar-refractivity contribution in [2.75, 3.05) is 18.4 Å². The van der Waals surface area contributed by atoms with E-state index >= 15 is 0 Å². The zero-order valence-electron chi connectivity index (χ0n) is 14.9. The van der Waals surface area contributed by atoms with E-state index in [1.165, 1.54) is 22.5 Å². The summed E-state index contributed by atoms with van der Waals surface area (Å²) in [5.41, 5.74) is -0.801. The van der Waals surface area contributed by atoms with E-state index in [-0.39, 0.29) is 15.5 Å². The molecule has 28 heavy (non-hydrogen) atoms. The van der Waals surface area contributed by atoms with Crippen LogP contribution in [0.15, 0.2) is 41.3 Å². The summed E-state index contributed by atoms with van der Waals surface area (Å²) >= 11 is 6.04. The molecule has 1 aliphatic heterocycles. The van der Waals surface area contributed by atoms with E-state index in [1.54, 1.807) is 0 Å². The minimum Gasteiger partial charge on any atom is -0.317 e. The number of nitrogens with one attached hydrogen (secondary N) is 1. The van der Waals surface area contributed by atoms with E-state index in [9.17, 15) is 22.0 Å². The second-order valence-corrected chi connectivity index (χ2v) is 8.86. The van der Waals surface area contributed by atoms with Gasteiger partial charge in [-0.05, 0) is 43.2 Å². The van der Waals surface area contributed by atoms with Crippen LogP contribution in [0.5, 0.6) is 0 Å². The quantitative estimate of drug-likeness (QED) is 0.783. The highest BCUT2D eigenvalue weighted by atomic mass is 35.5. The smallest absolute Gasteiger partial charge is 0.257 e. The number of rotatable bonds is 4. The van der Waals surface area contributed by atoms with Gasteiger partial charge in [-0.3, -0.25) is 4.79 Å². The maximum atomic E-state index is 13.8. The predicted octanol–water partition coefficient (Wildman–Crippen LogP) is 4.44. The van der Waals surface area contributed by atoms with Crippen LogP contribution < -0.4 is 5.32 Å². The van der Waals surface area contributed by atoms with Crippen molar-refractivity contribution in [1.29, 1.82) is 0 Å². The molecule has 9 heteroatoms. The lowest BCUT2D eigenvalue weighted by atomic mass is 10.2. The molecule has 1 saturated heterocycles. The van der Waals surface area contributed by atoms with Gasteiger partial charge in [0.05, 0.1) is 15.5 Å². The molecule has 2 aromatic rings. The molecule has 0 aromatic heterocycles. The summed E-state index contributed by atoms with van der Waals surface area (Å²) < 4.78 is 54.8. The molecule has 0 bridgehead atoms. The summed E-state index contributed by atoms with van der Waals surface area (Å²) in [7, 11) is -3.80. The first-order valence-electron chi connectivity index (χ1n) is 8.86. The van der Waals surface area contributed by atoms with E-state index < -0.39 is 33.3 Å². The van der Waals surface area contributed by atoms with Crippen molar-refractivity contribution in [3.8, 4) is 0 Å². The molecule has 1 aliphatic rings. The van der Waals surface area contributed by atoms with Gasteiger partial charge >= 0.3 is 0 Å². The summed E-state index contributed by atoms with van der Waals surface area (Å²) in [4.78, 5) is 12.4. The van der Waals surface area contributed by atoms with Gasteiger partial charge in [-0.25, -0.2) is 17.2 Å². The van der Waals surface area contributed by atoms with Gasteiger partial charge < -0.3 is 5.32 Å². The van der Waals surface area contributed by atoms with Crippen molar-refractivity contribution >= 4 is 33.2 Å². The third-order valence-electron chi connectivity index (χ3n) is 4.59. The fraction of sp³-hybridized carbons (Fsp3) is 0.316. The van der Waals surface area contributed by atoms with E-state index in [2.05, 4.69) is 5.32 Å². The lowest BCUT2D eigenvalue weighted by Crippen LogP contribution is -2.32. The standard InChI is InChI=1S/C19H19ClF2N2O3S/c20-15-9-8-13(28(26,27)24-10-3-1-2-4-11-24)12-14(15)19(25)23-18-16(21)6-5-7-17(18)22/h5-9,12H,1-4,10-11H2,(H,23,25). The number of benzene rings is 2. The Morgan fingerprint density at radius 2 is 1.61 bits per heavy atom. The van der Waals surface area contributed by atoms with Crippen molar-refractivity contribution in [3.63, 3.8) is 0 Å². The number of hydrogen-bond acceptors (Lipinski definition) is 3. The van der Waals surface area contributed by atoms with Crippen LogP contribution in [0.4, 0.5) is 14.5 Å². The molecule has 0 radical (unpaired) electrons. The highest BCUT2D eigenvalue weighted by Gasteiger charge is 2.27. The fourth-order valence-electron chi connectivity index (χ4n) is 3.07. The second kappa shape index (κ2) is 8.55. The van der Waals surface area contributed by atoms with Crippen LogP contribution >= 0.6 is 11.6 Å². The Kier molecular flexibility index (Phi) is 6.32. The van der Waals surface area contributed by atoms with Gasteiger partial charge in [0.2, 0.25) is 10.0 Å². The van der Waals surface area contributed by atoms with Gasteiger partial charge in [0, 0.05) is 13.1 Å². The molecule has 0 atom stereocenters. The monoisotopic (exact) mass is 428 g/mol. The van der Waals surface area contributed by atoms with E-state index in [0.29, 0.717) is 13.1 Å². The SMILES string of the molecule is O=C(Nc1c(F)cccc1F)c1cc(S(=O)(=O)N2CCCCCC2)ccc1Cl. The van der Waals surface area contributed by atoms with Crippen LogP contribution in [0, 0.1) is 11.6 Å². The Morgan fingerprint density at radius 3 is 2.21 bits per heavy atom. The van der Waals surface area contributed by atoms with Crippen molar-refractivity contribution < 1.29 is 22.0 Å². The van der Waals surface area contributed by atoms with Crippen LogP contribution in [0.2, 0.25) is 5.02 Å². The van der Waals surface area contributed by atoms with Gasteiger partial charge in [-0.1, -0.05) is 30.5 Å². The number of hydrogen-bond donors (Lipinski definition) is 1. The molecular weight excluding hydrogens is 410 g/mol. The maximum absolute atomic E-state index is 13.8. The van der Waals surface area contributed by atoms with Crippen LogP contribution in [0.3, 0.4) is 0 Å². The summed E-state index contributed by atoms with van der Waals surface area (Å²) in [6.07, 6.45) is 3.47. The largest absolute Gasteiger partial charge is 0.317 e. The van der Waals surface area contributed by atoms with Crippen molar-refractivity contribution in [2.45, 2.75) is 30.6 Å². The molecule has 150 valence electrons. The third-order valence-corrected chi connectivity index (χ3v) is 6.81. The van der Waals surface area contributed by atoms with Gasteiger partial charge in [0.1, 0.15) is 17.3 Å². The molecule has 0 saturated carbocycles. The number of carbonyl (C=O) groups excluding carboxylic acids is 1. The third kappa shape index (κ3) is 4.34. The average molecular weight is 429 g/mol. The Balaban J connectivity index is 1.92. The normalized spacial score (nSPS) is 15.8. The van der Waals surface area contributed by atoms with Gasteiger partial charge in [0.15, 0.2) is 0 Å². The summed E-state index contributed by atoms with van der Waals surface area (Å²) in [5, 5.41) is 2.10. The van der Waals surface area contributed by atoms with Crippen LogP contribution in [0.1, 0.15) is 36.0 Å². The molecule has 1 fully saturated rings. The minimum absolute atomic E-state index is 0.0240. The first-order valence-corrected chi connectivity index (χ1v) is 10.7. The zero-order chi connectivity index (χ0) is 20.3. The zero-order valence-corrected chi connectivity index (χ0v) is 16.5. The molecule has 2 aromatic carbocycles. The van der Waals surface area contributed by atoms with Gasteiger partial charge in [-0.2, -0.15) is 4.31 Å². The molecule has 3 rings (SSSR count). The predicted molar refractivity (Wildman–Crippen MR) is 103 cm³/mol. The molecule has 5 nitrogen and oxygen atoms in total. The Labute approximate surface area is 167 Å². The van der Waals surface area contributed by atoms with Crippen LogP contribution in [-0.2, 0) is 10.0 Å². The fourth-order valence-corrected chi connectivity index (χ4v) is 4.82. The lowest BCUT2D eigenvalue weighted by Gasteiger charge is -2.20.